The predicted molar refractivity (Wildman–Crippen MR) is 103 cm³/mol. The lowest BCUT2D eigenvalue weighted by molar-refractivity contribution is -0.146. The monoisotopic (exact) mass is 382 g/mol. The number of fused-ring (bicyclic) bond motifs is 2. The highest BCUT2D eigenvalue weighted by Gasteiger charge is 2.51. The first kappa shape index (κ1) is 17.5. The highest BCUT2D eigenvalue weighted by Crippen LogP contribution is 2.48. The number of aliphatic carboxylic acids is 1. The molecule has 6 nitrogen and oxygen atoms in total. The molecule has 4 atom stereocenters. The molecule has 3 N–H and O–H groups in total. The normalized spacial score (nSPS) is 25.3. The van der Waals surface area contributed by atoms with Gasteiger partial charge in [0, 0.05) is 5.69 Å². The van der Waals surface area contributed by atoms with E-state index < -0.39 is 17.8 Å². The maximum Gasteiger partial charge on any atom is 0.307 e. The molecule has 138 valence electrons. The van der Waals surface area contributed by atoms with E-state index in [0.717, 1.165) is 0 Å². The molecule has 0 spiro atoms. The van der Waals surface area contributed by atoms with Crippen LogP contribution in [0.3, 0.4) is 0 Å². The quantitative estimate of drug-likeness (QED) is 0.690. The van der Waals surface area contributed by atoms with Gasteiger partial charge in [-0.3, -0.25) is 14.4 Å². The van der Waals surface area contributed by atoms with Gasteiger partial charge in [0.2, 0.25) is 5.91 Å². The van der Waals surface area contributed by atoms with Crippen molar-refractivity contribution in [2.45, 2.75) is 6.42 Å². The third-order valence-electron chi connectivity index (χ3n) is 5.23. The molecule has 2 amide bonds. The van der Waals surface area contributed by atoms with Crippen molar-refractivity contribution in [1.82, 2.24) is 0 Å². The van der Waals surface area contributed by atoms with E-state index in [2.05, 4.69) is 10.6 Å². The highest BCUT2D eigenvalue weighted by molar-refractivity contribution is 7.14. The molecule has 7 heteroatoms. The lowest BCUT2D eigenvalue weighted by Gasteiger charge is -2.23. The maximum atomic E-state index is 12.8. The number of rotatable bonds is 5. The molecule has 0 radical (unpaired) electrons. The van der Waals surface area contributed by atoms with Crippen LogP contribution in [0, 0.1) is 23.7 Å². The van der Waals surface area contributed by atoms with Gasteiger partial charge in [-0.25, -0.2) is 0 Å². The second-order valence-electron chi connectivity index (χ2n) is 6.81. The number of hydrogen-bond donors (Lipinski definition) is 3. The summed E-state index contributed by atoms with van der Waals surface area (Å²) in [4.78, 5) is 37.0. The summed E-state index contributed by atoms with van der Waals surface area (Å²) >= 11 is 1.25. The van der Waals surface area contributed by atoms with Gasteiger partial charge in [0.1, 0.15) is 5.00 Å². The molecular formula is C20H18N2O4S. The zero-order chi connectivity index (χ0) is 19.0. The summed E-state index contributed by atoms with van der Waals surface area (Å²) < 4.78 is 0. The van der Waals surface area contributed by atoms with Crippen LogP contribution in [0.2, 0.25) is 0 Å². The maximum absolute atomic E-state index is 12.8. The fourth-order valence-corrected chi connectivity index (χ4v) is 4.80. The van der Waals surface area contributed by atoms with E-state index in [1.165, 1.54) is 11.3 Å². The summed E-state index contributed by atoms with van der Waals surface area (Å²) in [7, 11) is 0. The van der Waals surface area contributed by atoms with E-state index in [9.17, 15) is 19.5 Å². The first-order valence-electron chi connectivity index (χ1n) is 8.70. The third kappa shape index (κ3) is 3.26. The second kappa shape index (κ2) is 7.00. The molecule has 1 fully saturated rings. The number of hydrogen-bond acceptors (Lipinski definition) is 4. The summed E-state index contributed by atoms with van der Waals surface area (Å²) in [6.07, 6.45) is 4.53. The van der Waals surface area contributed by atoms with Crippen molar-refractivity contribution in [3.8, 4) is 0 Å². The lowest BCUT2D eigenvalue weighted by Crippen LogP contribution is -2.36. The molecule has 2 bridgehead atoms. The van der Waals surface area contributed by atoms with Crippen molar-refractivity contribution < 1.29 is 19.5 Å². The van der Waals surface area contributed by atoms with Crippen molar-refractivity contribution in [2.24, 2.45) is 23.7 Å². The molecule has 1 heterocycles. The Kier molecular flexibility index (Phi) is 4.53. The van der Waals surface area contributed by atoms with E-state index >= 15 is 0 Å². The summed E-state index contributed by atoms with van der Waals surface area (Å²) in [5, 5.41) is 17.3. The summed E-state index contributed by atoms with van der Waals surface area (Å²) in [5.74, 6) is -3.06. The summed E-state index contributed by atoms with van der Waals surface area (Å²) in [6.45, 7) is 0. The van der Waals surface area contributed by atoms with Crippen LogP contribution in [0.25, 0.3) is 0 Å². The minimum atomic E-state index is -0.944. The van der Waals surface area contributed by atoms with Crippen molar-refractivity contribution in [3.63, 3.8) is 0 Å². The lowest BCUT2D eigenvalue weighted by atomic mass is 9.82. The number of nitrogens with one attached hydrogen (secondary N) is 2. The number of thiophene rings is 1. The van der Waals surface area contributed by atoms with E-state index in [-0.39, 0.29) is 23.7 Å². The van der Waals surface area contributed by atoms with Gasteiger partial charge in [-0.1, -0.05) is 30.4 Å². The molecule has 2 aromatic rings. The number of allylic oxidation sites excluding steroid dienone is 2. The Balaban J connectivity index is 1.50. The van der Waals surface area contributed by atoms with Crippen molar-refractivity contribution in [2.75, 3.05) is 10.6 Å². The number of carboxylic acid groups (broad SMARTS) is 1. The van der Waals surface area contributed by atoms with Crippen LogP contribution < -0.4 is 10.6 Å². The molecule has 27 heavy (non-hydrogen) atoms. The molecule has 0 aliphatic heterocycles. The Morgan fingerprint density at radius 2 is 1.67 bits per heavy atom. The van der Waals surface area contributed by atoms with Crippen LogP contribution in [0.15, 0.2) is 53.9 Å². The fraction of sp³-hybridized carbons (Fsp3) is 0.250. The van der Waals surface area contributed by atoms with Gasteiger partial charge in [-0.2, -0.15) is 0 Å². The van der Waals surface area contributed by atoms with Crippen LogP contribution in [-0.4, -0.2) is 22.9 Å². The van der Waals surface area contributed by atoms with Gasteiger partial charge in [0.25, 0.3) is 5.91 Å². The molecule has 4 rings (SSSR count). The van der Waals surface area contributed by atoms with Crippen LogP contribution in [-0.2, 0) is 9.59 Å². The number of carboxylic acids is 1. The number of carbonyl (C=O) groups is 3. The molecular weight excluding hydrogens is 364 g/mol. The molecule has 0 unspecified atom stereocenters. The van der Waals surface area contributed by atoms with Gasteiger partial charge >= 0.3 is 5.97 Å². The molecule has 2 aliphatic rings. The standard InChI is InChI=1S/C20H18N2O4S/c23-17(21-13-4-2-1-3-5-13)14-8-9-27-19(14)22-18(24)15-11-6-7-12(10-11)16(15)20(25)26/h1-9,11-12,15-16H,10H2,(H,21,23)(H,22,24)(H,25,26)/t11-,12+,15-,16-/m0/s1. The number of anilines is 2. The topological polar surface area (TPSA) is 95.5 Å². The molecule has 1 aromatic heterocycles. The van der Waals surface area contributed by atoms with Gasteiger partial charge in [-0.15, -0.1) is 11.3 Å². The van der Waals surface area contributed by atoms with Crippen LogP contribution >= 0.6 is 11.3 Å². The van der Waals surface area contributed by atoms with Gasteiger partial charge in [0.15, 0.2) is 0 Å². The van der Waals surface area contributed by atoms with Crippen LogP contribution in [0.5, 0.6) is 0 Å². The largest absolute Gasteiger partial charge is 0.481 e. The number of amides is 2. The SMILES string of the molecule is O=C(Nc1ccccc1)c1ccsc1NC(=O)[C@@H]1[C@@H](C(=O)O)[C@@H]2C=C[C@H]1C2. The zero-order valence-corrected chi connectivity index (χ0v) is 15.1. The number of carbonyl (C=O) groups excluding carboxylic acids is 2. The Hall–Kier alpha value is -2.93. The average Bonchev–Trinajstić information content (AvgIpc) is 3.37. The third-order valence-corrected chi connectivity index (χ3v) is 6.06. The van der Waals surface area contributed by atoms with Crippen LogP contribution in [0.1, 0.15) is 16.8 Å². The van der Waals surface area contributed by atoms with Gasteiger partial charge < -0.3 is 15.7 Å². The Morgan fingerprint density at radius 1 is 0.963 bits per heavy atom. The number of para-hydroxylation sites is 1. The molecule has 1 saturated carbocycles. The van der Waals surface area contributed by atoms with Gasteiger partial charge in [0.05, 0.1) is 17.4 Å². The fourth-order valence-electron chi connectivity index (χ4n) is 4.02. The Bertz CT molecular complexity index is 921. The van der Waals surface area contributed by atoms with Gasteiger partial charge in [-0.05, 0) is 41.8 Å². The molecule has 1 aromatic carbocycles. The van der Waals surface area contributed by atoms with Crippen LogP contribution in [0.4, 0.5) is 10.7 Å². The minimum Gasteiger partial charge on any atom is -0.481 e. The smallest absolute Gasteiger partial charge is 0.307 e. The predicted octanol–water partition coefficient (Wildman–Crippen LogP) is 3.46. The van der Waals surface area contributed by atoms with E-state index in [1.807, 2.05) is 30.4 Å². The van der Waals surface area contributed by atoms with Crippen molar-refractivity contribution in [1.29, 1.82) is 0 Å². The van der Waals surface area contributed by atoms with E-state index in [0.29, 0.717) is 22.7 Å². The number of benzene rings is 1. The van der Waals surface area contributed by atoms with Crippen molar-refractivity contribution >= 4 is 39.8 Å². The summed E-state index contributed by atoms with van der Waals surface area (Å²) in [6, 6.07) is 10.7. The van der Waals surface area contributed by atoms with E-state index in [4.69, 9.17) is 0 Å². The highest BCUT2D eigenvalue weighted by atomic mass is 32.1. The summed E-state index contributed by atoms with van der Waals surface area (Å²) in [5.41, 5.74) is 1.03. The Labute approximate surface area is 159 Å². The minimum absolute atomic E-state index is 0.0577. The van der Waals surface area contributed by atoms with Crippen molar-refractivity contribution in [3.05, 3.63) is 59.5 Å². The molecule has 2 aliphatic carbocycles. The Morgan fingerprint density at radius 3 is 2.37 bits per heavy atom. The average molecular weight is 382 g/mol. The van der Waals surface area contributed by atoms with E-state index in [1.54, 1.807) is 23.6 Å². The second-order valence-corrected chi connectivity index (χ2v) is 7.73. The first-order chi connectivity index (χ1) is 13.0. The zero-order valence-electron chi connectivity index (χ0n) is 14.3. The first-order valence-corrected chi connectivity index (χ1v) is 9.58. The molecule has 0 saturated heterocycles.